The number of nitrogens with one attached hydrogen (secondary N) is 1. The van der Waals surface area contributed by atoms with Crippen molar-refractivity contribution in [2.45, 2.75) is 31.2 Å². The predicted octanol–water partition coefficient (Wildman–Crippen LogP) is 3.55. The first kappa shape index (κ1) is 12.0. The number of rotatable bonds is 4. The minimum absolute atomic E-state index is 0.183. The lowest BCUT2D eigenvalue weighted by atomic mass is 9.76. The number of halogens is 3. The van der Waals surface area contributed by atoms with Gasteiger partial charge in [0.05, 0.1) is 6.54 Å². The maximum atomic E-state index is 12.0. The first-order valence-corrected chi connectivity index (χ1v) is 6.21. The van der Waals surface area contributed by atoms with Gasteiger partial charge in [-0.1, -0.05) is 28.1 Å². The SMILES string of the molecule is FC(F)CNC1CC(c2ccc(Br)cc2)C1. The summed E-state index contributed by atoms with van der Waals surface area (Å²) in [6.07, 6.45) is -0.311. The van der Waals surface area contributed by atoms with Crippen molar-refractivity contribution in [3.8, 4) is 0 Å². The Morgan fingerprint density at radius 2 is 1.88 bits per heavy atom. The first-order chi connectivity index (χ1) is 7.65. The molecule has 1 aromatic carbocycles. The zero-order valence-electron chi connectivity index (χ0n) is 8.80. The zero-order chi connectivity index (χ0) is 11.5. The van der Waals surface area contributed by atoms with Crippen LogP contribution < -0.4 is 5.32 Å². The van der Waals surface area contributed by atoms with Crippen molar-refractivity contribution in [3.05, 3.63) is 34.3 Å². The largest absolute Gasteiger partial charge is 0.309 e. The van der Waals surface area contributed by atoms with Crippen LogP contribution in [0.25, 0.3) is 0 Å². The molecule has 1 fully saturated rings. The van der Waals surface area contributed by atoms with Crippen molar-refractivity contribution in [2.24, 2.45) is 0 Å². The van der Waals surface area contributed by atoms with Gasteiger partial charge in [0.15, 0.2) is 0 Å². The number of benzene rings is 1. The minimum Gasteiger partial charge on any atom is -0.309 e. The van der Waals surface area contributed by atoms with Gasteiger partial charge in [0.2, 0.25) is 0 Å². The van der Waals surface area contributed by atoms with Gasteiger partial charge in [-0.3, -0.25) is 0 Å². The maximum absolute atomic E-state index is 12.0. The summed E-state index contributed by atoms with van der Waals surface area (Å²) in [4.78, 5) is 0. The molecule has 0 amide bonds. The van der Waals surface area contributed by atoms with Gasteiger partial charge in [-0.15, -0.1) is 0 Å². The lowest BCUT2D eigenvalue weighted by Gasteiger charge is -2.36. The van der Waals surface area contributed by atoms with E-state index in [9.17, 15) is 8.78 Å². The summed E-state index contributed by atoms with van der Waals surface area (Å²) in [6, 6.07) is 8.50. The van der Waals surface area contributed by atoms with Crippen LogP contribution in [0.5, 0.6) is 0 Å². The molecule has 1 nitrogen and oxygen atoms in total. The van der Waals surface area contributed by atoms with E-state index in [4.69, 9.17) is 0 Å². The summed E-state index contributed by atoms with van der Waals surface area (Å²) in [5, 5.41) is 2.87. The maximum Gasteiger partial charge on any atom is 0.250 e. The van der Waals surface area contributed by atoms with E-state index in [0.717, 1.165) is 17.3 Å². The Hall–Kier alpha value is -0.480. The van der Waals surface area contributed by atoms with E-state index >= 15 is 0 Å². The Labute approximate surface area is 102 Å². The van der Waals surface area contributed by atoms with Crippen LogP contribution in [0, 0.1) is 0 Å². The fourth-order valence-corrected chi connectivity index (χ4v) is 2.31. The first-order valence-electron chi connectivity index (χ1n) is 5.42. The molecule has 0 spiro atoms. The Morgan fingerprint density at radius 1 is 1.25 bits per heavy atom. The van der Waals surface area contributed by atoms with E-state index in [-0.39, 0.29) is 12.6 Å². The van der Waals surface area contributed by atoms with Crippen LogP contribution in [0.3, 0.4) is 0 Å². The second-order valence-corrected chi connectivity index (χ2v) is 5.13. The molecule has 0 saturated heterocycles. The molecular formula is C12H14BrF2N. The molecule has 0 aromatic heterocycles. The molecular weight excluding hydrogens is 276 g/mol. The van der Waals surface area contributed by atoms with Crippen molar-refractivity contribution in [1.29, 1.82) is 0 Å². The van der Waals surface area contributed by atoms with Crippen molar-refractivity contribution in [2.75, 3.05) is 6.54 Å². The lowest BCUT2D eigenvalue weighted by molar-refractivity contribution is 0.131. The highest BCUT2D eigenvalue weighted by atomic mass is 79.9. The number of hydrogen-bond donors (Lipinski definition) is 1. The fourth-order valence-electron chi connectivity index (χ4n) is 2.05. The summed E-state index contributed by atoms with van der Waals surface area (Å²) in [5.74, 6) is 0.531. The van der Waals surface area contributed by atoms with Crippen molar-refractivity contribution >= 4 is 15.9 Å². The summed E-state index contributed by atoms with van der Waals surface area (Å²) in [6.45, 7) is -0.183. The molecule has 0 aliphatic heterocycles. The molecule has 1 aliphatic rings. The van der Waals surface area contributed by atoms with E-state index < -0.39 is 6.43 Å². The van der Waals surface area contributed by atoms with Crippen molar-refractivity contribution < 1.29 is 8.78 Å². The molecule has 0 unspecified atom stereocenters. The Morgan fingerprint density at radius 3 is 2.44 bits per heavy atom. The van der Waals surface area contributed by atoms with Crippen molar-refractivity contribution in [1.82, 2.24) is 5.32 Å². The molecule has 0 radical (unpaired) electrons. The second kappa shape index (κ2) is 5.23. The van der Waals surface area contributed by atoms with Gasteiger partial charge in [0.1, 0.15) is 0 Å². The average molecular weight is 290 g/mol. The van der Waals surface area contributed by atoms with E-state index in [1.54, 1.807) is 0 Å². The molecule has 0 atom stereocenters. The van der Waals surface area contributed by atoms with Gasteiger partial charge in [0, 0.05) is 10.5 Å². The van der Waals surface area contributed by atoms with E-state index in [2.05, 4.69) is 33.4 Å². The summed E-state index contributed by atoms with van der Waals surface area (Å²) in [5.41, 5.74) is 1.30. The Kier molecular flexibility index (Phi) is 3.92. The highest BCUT2D eigenvalue weighted by molar-refractivity contribution is 9.10. The van der Waals surface area contributed by atoms with Crippen LogP contribution in [0.1, 0.15) is 24.3 Å². The fraction of sp³-hybridized carbons (Fsp3) is 0.500. The number of hydrogen-bond acceptors (Lipinski definition) is 1. The Bertz CT molecular complexity index is 333. The molecule has 88 valence electrons. The third kappa shape index (κ3) is 3.01. The summed E-state index contributed by atoms with van der Waals surface area (Å²) in [7, 11) is 0. The van der Waals surface area contributed by atoms with Gasteiger partial charge >= 0.3 is 0 Å². The monoisotopic (exact) mass is 289 g/mol. The zero-order valence-corrected chi connectivity index (χ0v) is 10.4. The smallest absolute Gasteiger partial charge is 0.250 e. The molecule has 4 heteroatoms. The van der Waals surface area contributed by atoms with Crippen LogP contribution in [-0.2, 0) is 0 Å². The highest BCUT2D eigenvalue weighted by Gasteiger charge is 2.30. The molecule has 16 heavy (non-hydrogen) atoms. The van der Waals surface area contributed by atoms with Crippen LogP contribution in [0.15, 0.2) is 28.7 Å². The quantitative estimate of drug-likeness (QED) is 0.894. The average Bonchev–Trinajstić information content (AvgIpc) is 2.18. The van der Waals surface area contributed by atoms with E-state index in [1.807, 2.05) is 12.1 Å². The summed E-state index contributed by atoms with van der Waals surface area (Å²) >= 11 is 3.39. The molecule has 1 N–H and O–H groups in total. The van der Waals surface area contributed by atoms with Gasteiger partial charge in [-0.25, -0.2) is 8.78 Å². The minimum atomic E-state index is -2.24. The van der Waals surface area contributed by atoms with Gasteiger partial charge in [0.25, 0.3) is 6.43 Å². The van der Waals surface area contributed by atoms with Crippen LogP contribution in [-0.4, -0.2) is 19.0 Å². The second-order valence-electron chi connectivity index (χ2n) is 4.22. The van der Waals surface area contributed by atoms with E-state index in [0.29, 0.717) is 5.92 Å². The Balaban J connectivity index is 1.77. The lowest BCUT2D eigenvalue weighted by Crippen LogP contribution is -2.42. The van der Waals surface area contributed by atoms with Gasteiger partial charge in [-0.2, -0.15) is 0 Å². The van der Waals surface area contributed by atoms with Crippen LogP contribution in [0.2, 0.25) is 0 Å². The van der Waals surface area contributed by atoms with E-state index in [1.165, 1.54) is 5.56 Å². The summed E-state index contributed by atoms with van der Waals surface area (Å²) < 4.78 is 25.0. The van der Waals surface area contributed by atoms with Gasteiger partial charge in [-0.05, 0) is 36.5 Å². The third-order valence-electron chi connectivity index (χ3n) is 3.04. The molecule has 1 saturated carbocycles. The number of alkyl halides is 2. The topological polar surface area (TPSA) is 12.0 Å². The molecule has 1 aliphatic carbocycles. The normalized spacial score (nSPS) is 24.5. The highest BCUT2D eigenvalue weighted by Crippen LogP contribution is 2.37. The molecule has 1 aromatic rings. The van der Waals surface area contributed by atoms with Crippen LogP contribution >= 0.6 is 15.9 Å². The van der Waals surface area contributed by atoms with Crippen LogP contribution in [0.4, 0.5) is 8.78 Å². The van der Waals surface area contributed by atoms with Gasteiger partial charge < -0.3 is 5.32 Å². The molecule has 2 rings (SSSR count). The van der Waals surface area contributed by atoms with Crippen molar-refractivity contribution in [3.63, 3.8) is 0 Å². The molecule has 0 bridgehead atoms. The third-order valence-corrected chi connectivity index (χ3v) is 3.57. The predicted molar refractivity (Wildman–Crippen MR) is 63.9 cm³/mol. The standard InChI is InChI=1S/C12H14BrF2N/c13-10-3-1-8(2-4-10)9-5-11(6-9)16-7-12(14)15/h1-4,9,11-12,16H,5-7H2. The molecule has 0 heterocycles.